The van der Waals surface area contributed by atoms with Gasteiger partial charge in [0.05, 0.1) is 40.8 Å². The summed E-state index contributed by atoms with van der Waals surface area (Å²) in [6, 6.07) is 12.9. The van der Waals surface area contributed by atoms with Crippen molar-refractivity contribution in [1.82, 2.24) is 4.90 Å². The number of hydrogen-bond acceptors (Lipinski definition) is 5. The van der Waals surface area contributed by atoms with E-state index in [4.69, 9.17) is 16.3 Å². The van der Waals surface area contributed by atoms with E-state index in [0.717, 1.165) is 5.56 Å². The molecular weight excluding hydrogens is 590 g/mol. The Morgan fingerprint density at radius 1 is 1.09 bits per heavy atom. The van der Waals surface area contributed by atoms with Gasteiger partial charge < -0.3 is 24.5 Å². The van der Waals surface area contributed by atoms with Crippen LogP contribution in [-0.2, 0) is 19.1 Å². The lowest BCUT2D eigenvalue weighted by molar-refractivity contribution is -0.150. The number of amides is 3. The molecule has 240 valence electrons. The average Bonchev–Trinajstić information content (AvgIpc) is 3.52. The number of likely N-dealkylation sites (tertiary alicyclic amines) is 1. The lowest BCUT2D eigenvalue weighted by Gasteiger charge is -2.41. The Bertz CT molecular complexity index is 1480. The van der Waals surface area contributed by atoms with Crippen LogP contribution in [0.15, 0.2) is 73.8 Å². The van der Waals surface area contributed by atoms with Crippen molar-refractivity contribution in [1.29, 1.82) is 0 Å². The number of fused-ring (bicyclic) bond motifs is 1. The molecule has 3 aliphatic heterocycles. The van der Waals surface area contributed by atoms with E-state index in [1.54, 1.807) is 28.0 Å². The third-order valence-corrected chi connectivity index (χ3v) is 10.6. The highest BCUT2D eigenvalue weighted by Crippen LogP contribution is 2.66. The number of anilines is 2. The largest absolute Gasteiger partial charge is 0.394 e. The van der Waals surface area contributed by atoms with E-state index in [2.05, 4.69) is 13.2 Å². The van der Waals surface area contributed by atoms with Gasteiger partial charge in [0.2, 0.25) is 11.8 Å². The molecule has 0 aliphatic carbocycles. The second-order valence-corrected chi connectivity index (χ2v) is 13.6. The molecule has 9 heteroatoms. The van der Waals surface area contributed by atoms with Crippen molar-refractivity contribution in [3.05, 3.63) is 84.4 Å². The number of ether oxygens (including phenoxy) is 1. The zero-order valence-corrected chi connectivity index (χ0v) is 27.5. The molecule has 3 heterocycles. The number of halogens is 1. The molecule has 3 unspecified atom stereocenters. The van der Waals surface area contributed by atoms with E-state index >= 15 is 4.79 Å². The number of nitrogens with zero attached hydrogens (tertiary/aromatic N) is 3. The first-order valence-corrected chi connectivity index (χ1v) is 16.0. The second kappa shape index (κ2) is 12.4. The number of carbonyl (C=O) groups excluding carboxylic acids is 3. The van der Waals surface area contributed by atoms with Gasteiger partial charge in [-0.1, -0.05) is 74.9 Å². The smallest absolute Gasteiger partial charge is 0.253 e. The predicted molar refractivity (Wildman–Crippen MR) is 177 cm³/mol. The minimum Gasteiger partial charge on any atom is -0.394 e. The van der Waals surface area contributed by atoms with Gasteiger partial charge in [0, 0.05) is 18.8 Å². The summed E-state index contributed by atoms with van der Waals surface area (Å²) in [5.74, 6) is -3.10. The van der Waals surface area contributed by atoms with Crippen LogP contribution in [0.3, 0.4) is 0 Å². The lowest BCUT2D eigenvalue weighted by Crippen LogP contribution is -2.60. The molecule has 2 aromatic carbocycles. The Labute approximate surface area is 271 Å². The summed E-state index contributed by atoms with van der Waals surface area (Å²) in [5.41, 5.74) is -0.296. The first-order chi connectivity index (χ1) is 21.4. The van der Waals surface area contributed by atoms with E-state index < -0.39 is 35.1 Å². The van der Waals surface area contributed by atoms with Gasteiger partial charge in [-0.25, -0.2) is 0 Å². The van der Waals surface area contributed by atoms with Gasteiger partial charge in [0.25, 0.3) is 5.91 Å². The van der Waals surface area contributed by atoms with Crippen LogP contribution in [0.2, 0.25) is 5.02 Å². The highest BCUT2D eigenvalue weighted by atomic mass is 35.5. The quantitative estimate of drug-likeness (QED) is 0.334. The van der Waals surface area contributed by atoms with Gasteiger partial charge in [0.1, 0.15) is 11.6 Å². The van der Waals surface area contributed by atoms with E-state index in [9.17, 15) is 14.7 Å². The van der Waals surface area contributed by atoms with E-state index in [0.29, 0.717) is 22.8 Å². The molecule has 0 saturated carbocycles. The topological polar surface area (TPSA) is 90.4 Å². The number of rotatable bonds is 11. The molecule has 0 aromatic heterocycles. The Balaban J connectivity index is 1.70. The average molecular weight is 634 g/mol. The van der Waals surface area contributed by atoms with Crippen LogP contribution in [-0.4, -0.2) is 70.7 Å². The summed E-state index contributed by atoms with van der Waals surface area (Å²) in [4.78, 5) is 49.4. The van der Waals surface area contributed by atoms with Crippen LogP contribution in [0.4, 0.5) is 11.4 Å². The summed E-state index contributed by atoms with van der Waals surface area (Å²) in [7, 11) is 0. The van der Waals surface area contributed by atoms with E-state index in [-0.39, 0.29) is 49.3 Å². The van der Waals surface area contributed by atoms with Crippen molar-refractivity contribution >= 4 is 40.7 Å². The molecule has 3 amide bonds. The van der Waals surface area contributed by atoms with E-state index in [1.165, 1.54) is 4.90 Å². The second-order valence-electron chi connectivity index (χ2n) is 13.2. The first-order valence-electron chi connectivity index (χ1n) is 15.7. The van der Waals surface area contributed by atoms with Crippen LogP contribution in [0, 0.1) is 30.6 Å². The van der Waals surface area contributed by atoms with Crippen LogP contribution in [0.25, 0.3) is 0 Å². The number of benzene rings is 2. The summed E-state index contributed by atoms with van der Waals surface area (Å²) in [6.45, 7) is 17.4. The van der Waals surface area contributed by atoms with Crippen molar-refractivity contribution in [2.24, 2.45) is 23.7 Å². The van der Waals surface area contributed by atoms with Gasteiger partial charge >= 0.3 is 0 Å². The van der Waals surface area contributed by atoms with Crippen LogP contribution < -0.4 is 9.80 Å². The molecule has 3 fully saturated rings. The summed E-state index contributed by atoms with van der Waals surface area (Å²) >= 11 is 6.70. The monoisotopic (exact) mass is 633 g/mol. The van der Waals surface area contributed by atoms with Crippen molar-refractivity contribution in [2.45, 2.75) is 64.3 Å². The molecule has 1 spiro atoms. The van der Waals surface area contributed by atoms with Crippen LogP contribution >= 0.6 is 11.6 Å². The molecule has 7 atom stereocenters. The normalized spacial score (nSPS) is 29.1. The standard InChI is InChI=1S/C36H44ClN3O5/c1-8-18-38(25-15-11-10-12-16-25)32(42)28-29-33(43)40(27(21-41)22(3)4)31(36(29)20-24(6)35(28,7)45-36)34(44)39(19-9-2)30-23(5)14-13-17-26(30)37/h8-17,22,24,27-29,31,41H,1-2,18-21H2,3-7H3/t24?,27-,28+,29-,31?,35-,36?/m0/s1. The summed E-state index contributed by atoms with van der Waals surface area (Å²) in [6.07, 6.45) is 3.69. The maximum absolute atomic E-state index is 15.1. The molecule has 2 bridgehead atoms. The number of carbonyl (C=O) groups is 3. The third-order valence-electron chi connectivity index (χ3n) is 10.2. The number of aliphatic hydroxyl groups excluding tert-OH is 1. The molecule has 0 radical (unpaired) electrons. The number of para-hydroxylation sites is 2. The van der Waals surface area contributed by atoms with Gasteiger partial charge in [0.15, 0.2) is 0 Å². The number of aliphatic hydroxyl groups is 1. The first kappa shape index (κ1) is 32.9. The van der Waals surface area contributed by atoms with Crippen LogP contribution in [0.1, 0.15) is 39.7 Å². The Morgan fingerprint density at radius 3 is 2.31 bits per heavy atom. The lowest BCUT2D eigenvalue weighted by atomic mass is 9.62. The van der Waals surface area contributed by atoms with Crippen molar-refractivity contribution < 1.29 is 24.2 Å². The highest BCUT2D eigenvalue weighted by Gasteiger charge is 2.80. The zero-order chi connectivity index (χ0) is 32.8. The molecular formula is C36H44ClN3O5. The maximum Gasteiger partial charge on any atom is 0.253 e. The van der Waals surface area contributed by atoms with Gasteiger partial charge in [-0.15, -0.1) is 13.2 Å². The Kier molecular flexibility index (Phi) is 9.06. The maximum atomic E-state index is 15.1. The minimum absolute atomic E-state index is 0.143. The van der Waals surface area contributed by atoms with Crippen molar-refractivity contribution in [3.8, 4) is 0 Å². The highest BCUT2D eigenvalue weighted by molar-refractivity contribution is 6.34. The van der Waals surface area contributed by atoms with Crippen molar-refractivity contribution in [2.75, 3.05) is 29.5 Å². The van der Waals surface area contributed by atoms with Gasteiger partial charge in [-0.05, 0) is 55.9 Å². The fraction of sp³-hybridized carbons (Fsp3) is 0.472. The van der Waals surface area contributed by atoms with Crippen molar-refractivity contribution in [3.63, 3.8) is 0 Å². The molecule has 5 rings (SSSR count). The molecule has 8 nitrogen and oxygen atoms in total. The summed E-state index contributed by atoms with van der Waals surface area (Å²) < 4.78 is 6.99. The third kappa shape index (κ3) is 5.02. The molecule has 45 heavy (non-hydrogen) atoms. The fourth-order valence-electron chi connectivity index (χ4n) is 8.07. The fourth-order valence-corrected chi connectivity index (χ4v) is 8.39. The Hall–Kier alpha value is -3.46. The van der Waals surface area contributed by atoms with Crippen LogP contribution in [0.5, 0.6) is 0 Å². The predicted octanol–water partition coefficient (Wildman–Crippen LogP) is 5.41. The molecule has 3 saturated heterocycles. The SMILES string of the molecule is C=CCN(C(=O)[C@H]1[C@H]2C(=O)N([C@@H](CO)C(C)C)C(C(=O)N(CC=C)c3c(C)cccc3Cl)C23CC(C)[C@]1(C)O3)c1ccccc1. The van der Waals surface area contributed by atoms with E-state index in [1.807, 2.05) is 77.1 Å². The number of hydrogen-bond donors (Lipinski definition) is 1. The van der Waals surface area contributed by atoms with Gasteiger partial charge in [-0.2, -0.15) is 0 Å². The van der Waals surface area contributed by atoms with Gasteiger partial charge in [-0.3, -0.25) is 14.4 Å². The molecule has 1 N–H and O–H groups in total. The number of aryl methyl sites for hydroxylation is 1. The molecule has 3 aliphatic rings. The zero-order valence-electron chi connectivity index (χ0n) is 26.8. The summed E-state index contributed by atoms with van der Waals surface area (Å²) in [5, 5.41) is 11.0. The Morgan fingerprint density at radius 2 is 1.73 bits per heavy atom. The molecule has 2 aromatic rings. The minimum atomic E-state index is -1.30.